The molecule has 3 rings (SSSR count). The van der Waals surface area contributed by atoms with E-state index in [2.05, 4.69) is 20.5 Å². The van der Waals surface area contributed by atoms with Crippen molar-refractivity contribution in [3.8, 4) is 0 Å². The average Bonchev–Trinajstić information content (AvgIpc) is 3.05. The third kappa shape index (κ3) is 4.39. The SMILES string of the molecule is C[C@@H](Sc1n[nH]c(N)n1)C(=O)NC(c1ccccc1)c1ccccc1. The molecule has 25 heavy (non-hydrogen) atoms. The summed E-state index contributed by atoms with van der Waals surface area (Å²) in [5.41, 5.74) is 7.58. The molecule has 2 aromatic carbocycles. The molecule has 7 heteroatoms. The molecule has 0 saturated carbocycles. The third-order valence-corrected chi connectivity index (χ3v) is 4.65. The van der Waals surface area contributed by atoms with Crippen molar-refractivity contribution in [2.75, 3.05) is 5.73 Å². The van der Waals surface area contributed by atoms with E-state index in [1.165, 1.54) is 11.8 Å². The first kappa shape index (κ1) is 17.0. The lowest BCUT2D eigenvalue weighted by Gasteiger charge is -2.21. The number of anilines is 1. The molecule has 1 heterocycles. The van der Waals surface area contributed by atoms with Gasteiger partial charge in [0.15, 0.2) is 0 Å². The number of thioether (sulfide) groups is 1. The summed E-state index contributed by atoms with van der Waals surface area (Å²) in [6.07, 6.45) is 0. The van der Waals surface area contributed by atoms with Crippen LogP contribution in [0.1, 0.15) is 24.1 Å². The summed E-state index contributed by atoms with van der Waals surface area (Å²) >= 11 is 1.26. The minimum atomic E-state index is -0.356. The van der Waals surface area contributed by atoms with Crippen molar-refractivity contribution in [2.24, 2.45) is 0 Å². The number of nitrogens with one attached hydrogen (secondary N) is 2. The topological polar surface area (TPSA) is 96.7 Å². The number of nitrogens with two attached hydrogens (primary N) is 1. The first-order valence-electron chi connectivity index (χ1n) is 7.88. The highest BCUT2D eigenvalue weighted by atomic mass is 32.2. The molecule has 0 fully saturated rings. The second-order valence-electron chi connectivity index (χ2n) is 5.53. The maximum atomic E-state index is 12.7. The zero-order chi connectivity index (χ0) is 17.6. The van der Waals surface area contributed by atoms with E-state index >= 15 is 0 Å². The zero-order valence-corrected chi connectivity index (χ0v) is 14.5. The van der Waals surface area contributed by atoms with E-state index in [0.717, 1.165) is 11.1 Å². The average molecular weight is 353 g/mol. The Hall–Kier alpha value is -2.80. The monoisotopic (exact) mass is 353 g/mol. The number of hydrogen-bond donors (Lipinski definition) is 3. The highest BCUT2D eigenvalue weighted by molar-refractivity contribution is 8.00. The van der Waals surface area contributed by atoms with Crippen molar-refractivity contribution in [1.29, 1.82) is 0 Å². The zero-order valence-electron chi connectivity index (χ0n) is 13.7. The van der Waals surface area contributed by atoms with Crippen LogP contribution in [0.5, 0.6) is 0 Å². The minimum Gasteiger partial charge on any atom is -0.368 e. The van der Waals surface area contributed by atoms with Crippen LogP contribution in [0.4, 0.5) is 5.95 Å². The van der Waals surface area contributed by atoms with E-state index in [1.807, 2.05) is 67.6 Å². The molecule has 6 nitrogen and oxygen atoms in total. The van der Waals surface area contributed by atoms with E-state index in [1.54, 1.807) is 0 Å². The Labute approximate surface area is 150 Å². The Balaban J connectivity index is 1.76. The van der Waals surface area contributed by atoms with Crippen LogP contribution in [0, 0.1) is 0 Å². The minimum absolute atomic E-state index is 0.0916. The van der Waals surface area contributed by atoms with Gasteiger partial charge >= 0.3 is 0 Å². The number of rotatable bonds is 6. The van der Waals surface area contributed by atoms with Gasteiger partial charge in [-0.3, -0.25) is 4.79 Å². The summed E-state index contributed by atoms with van der Waals surface area (Å²) in [5.74, 6) is 0.146. The second kappa shape index (κ2) is 7.85. The van der Waals surface area contributed by atoms with Crippen LogP contribution in [-0.2, 0) is 4.79 Å². The predicted molar refractivity (Wildman–Crippen MR) is 99.0 cm³/mol. The summed E-state index contributed by atoms with van der Waals surface area (Å²) in [7, 11) is 0. The van der Waals surface area contributed by atoms with Crippen molar-refractivity contribution in [3.63, 3.8) is 0 Å². The molecule has 0 radical (unpaired) electrons. The molecule has 0 spiro atoms. The Bertz CT molecular complexity index is 782. The van der Waals surface area contributed by atoms with Gasteiger partial charge in [0.05, 0.1) is 11.3 Å². The molecule has 0 bridgehead atoms. The van der Waals surface area contributed by atoms with Crippen LogP contribution < -0.4 is 11.1 Å². The van der Waals surface area contributed by atoms with Crippen molar-refractivity contribution >= 4 is 23.6 Å². The summed E-state index contributed by atoms with van der Waals surface area (Å²) in [5, 5.41) is 9.74. The molecule has 1 amide bonds. The van der Waals surface area contributed by atoms with Gasteiger partial charge in [0, 0.05) is 0 Å². The molecule has 4 N–H and O–H groups in total. The van der Waals surface area contributed by atoms with Gasteiger partial charge in [0.1, 0.15) is 0 Å². The van der Waals surface area contributed by atoms with Crippen molar-refractivity contribution in [1.82, 2.24) is 20.5 Å². The number of amides is 1. The fourth-order valence-corrected chi connectivity index (χ4v) is 3.17. The van der Waals surface area contributed by atoms with Gasteiger partial charge in [-0.1, -0.05) is 72.4 Å². The molecule has 1 aromatic heterocycles. The maximum absolute atomic E-state index is 12.7. The summed E-state index contributed by atoms with van der Waals surface area (Å²) in [6, 6.07) is 19.6. The molecule has 0 aliphatic heterocycles. The van der Waals surface area contributed by atoms with Crippen LogP contribution in [0.3, 0.4) is 0 Å². The number of benzene rings is 2. The van der Waals surface area contributed by atoms with Crippen LogP contribution in [0.15, 0.2) is 65.8 Å². The number of carbonyl (C=O) groups excluding carboxylic acids is 1. The number of H-pyrrole nitrogens is 1. The van der Waals surface area contributed by atoms with Gasteiger partial charge in [-0.25, -0.2) is 5.10 Å². The fraction of sp³-hybridized carbons (Fsp3) is 0.167. The molecule has 0 saturated heterocycles. The molecule has 0 aliphatic rings. The lowest BCUT2D eigenvalue weighted by molar-refractivity contribution is -0.120. The van der Waals surface area contributed by atoms with Gasteiger partial charge < -0.3 is 11.1 Å². The Kier molecular flexibility index (Phi) is 5.35. The summed E-state index contributed by atoms with van der Waals surface area (Å²) in [4.78, 5) is 16.7. The fourth-order valence-electron chi connectivity index (χ4n) is 2.43. The first-order valence-corrected chi connectivity index (χ1v) is 8.76. The van der Waals surface area contributed by atoms with Gasteiger partial charge in [-0.2, -0.15) is 4.98 Å². The number of hydrogen-bond acceptors (Lipinski definition) is 5. The van der Waals surface area contributed by atoms with Crippen LogP contribution in [-0.4, -0.2) is 26.3 Å². The largest absolute Gasteiger partial charge is 0.368 e. The highest BCUT2D eigenvalue weighted by Gasteiger charge is 2.22. The van der Waals surface area contributed by atoms with E-state index in [4.69, 9.17) is 5.73 Å². The number of nitrogen functional groups attached to an aromatic ring is 1. The Morgan fingerprint density at radius 1 is 1.08 bits per heavy atom. The Morgan fingerprint density at radius 3 is 2.12 bits per heavy atom. The maximum Gasteiger partial charge on any atom is 0.234 e. The van der Waals surface area contributed by atoms with Gasteiger partial charge in [-0.15, -0.1) is 5.10 Å². The number of aromatic amines is 1. The van der Waals surface area contributed by atoms with Gasteiger partial charge in [0.25, 0.3) is 0 Å². The smallest absolute Gasteiger partial charge is 0.234 e. The molecule has 0 unspecified atom stereocenters. The molecule has 3 aromatic rings. The lowest BCUT2D eigenvalue weighted by atomic mass is 9.98. The first-order chi connectivity index (χ1) is 12.1. The van der Waals surface area contributed by atoms with Crippen LogP contribution in [0.2, 0.25) is 0 Å². The number of carbonyl (C=O) groups is 1. The number of nitrogens with zero attached hydrogens (tertiary/aromatic N) is 2. The van der Waals surface area contributed by atoms with E-state index in [0.29, 0.717) is 5.16 Å². The summed E-state index contributed by atoms with van der Waals surface area (Å²) < 4.78 is 0. The number of aromatic nitrogens is 3. The van der Waals surface area contributed by atoms with Crippen LogP contribution in [0.25, 0.3) is 0 Å². The molecular formula is C18H19N5OS. The van der Waals surface area contributed by atoms with Crippen molar-refractivity contribution in [3.05, 3.63) is 71.8 Å². The van der Waals surface area contributed by atoms with Crippen LogP contribution >= 0.6 is 11.8 Å². The molecule has 128 valence electrons. The lowest BCUT2D eigenvalue weighted by Crippen LogP contribution is -2.35. The highest BCUT2D eigenvalue weighted by Crippen LogP contribution is 2.24. The second-order valence-corrected chi connectivity index (χ2v) is 6.83. The summed E-state index contributed by atoms with van der Waals surface area (Å²) in [6.45, 7) is 1.82. The van der Waals surface area contributed by atoms with E-state index in [9.17, 15) is 4.79 Å². The van der Waals surface area contributed by atoms with E-state index < -0.39 is 0 Å². The Morgan fingerprint density at radius 2 is 1.64 bits per heavy atom. The van der Waals surface area contributed by atoms with Gasteiger partial charge in [-0.05, 0) is 18.1 Å². The third-order valence-electron chi connectivity index (χ3n) is 3.69. The quantitative estimate of drug-likeness (QED) is 0.592. The molecule has 1 atom stereocenters. The molecule has 0 aliphatic carbocycles. The van der Waals surface area contributed by atoms with E-state index in [-0.39, 0.29) is 23.1 Å². The predicted octanol–water partition coefficient (Wildman–Crippen LogP) is 2.77. The standard InChI is InChI=1S/C18H19N5OS/c1-12(25-18-21-17(19)22-23-18)16(24)20-15(13-8-4-2-5-9-13)14-10-6-3-7-11-14/h2-12,15H,1H3,(H,20,24)(H3,19,21,22,23)/t12-/m1/s1. The normalized spacial score (nSPS) is 12.1. The van der Waals surface area contributed by atoms with Crippen molar-refractivity contribution < 1.29 is 4.79 Å². The van der Waals surface area contributed by atoms with Crippen molar-refractivity contribution in [2.45, 2.75) is 23.4 Å². The van der Waals surface area contributed by atoms with Gasteiger partial charge in [0.2, 0.25) is 17.0 Å². The molecular weight excluding hydrogens is 334 g/mol.